The number of esters is 1. The third-order valence-corrected chi connectivity index (χ3v) is 6.24. The summed E-state index contributed by atoms with van der Waals surface area (Å²) in [6, 6.07) is 9.24. The van der Waals surface area contributed by atoms with Crippen molar-refractivity contribution >= 4 is 23.5 Å². The summed E-state index contributed by atoms with van der Waals surface area (Å²) in [4.78, 5) is 12.3. The first-order chi connectivity index (χ1) is 11.7. The van der Waals surface area contributed by atoms with Crippen LogP contribution in [-0.4, -0.2) is 46.4 Å². The van der Waals surface area contributed by atoms with Gasteiger partial charge in [-0.25, -0.2) is 0 Å². The fraction of sp³-hybridized carbons (Fsp3) is 0.562. The van der Waals surface area contributed by atoms with E-state index < -0.39 is 35.7 Å². The average molecular weight is 392 g/mol. The Balaban J connectivity index is 2.97. The van der Waals surface area contributed by atoms with Crippen LogP contribution in [0.25, 0.3) is 0 Å². The molecule has 1 aromatic carbocycles. The lowest BCUT2D eigenvalue weighted by molar-refractivity contribution is -0.147. The summed E-state index contributed by atoms with van der Waals surface area (Å²) in [6.45, 7) is 3.64. The molecule has 0 aromatic heterocycles. The Morgan fingerprint density at radius 1 is 1.16 bits per heavy atom. The Hall–Kier alpha value is -1.21. The molecule has 1 aromatic rings. The zero-order chi connectivity index (χ0) is 18.9. The Bertz CT molecular complexity index is 688. The Morgan fingerprint density at radius 2 is 1.80 bits per heavy atom. The standard InChI is InChI=1S/C16H25O7PS/c1-4-21-16(17)15(11-14-9-7-6-8-10-14)12-24(18,22-5-2)13-23-25(3,19)20/h6-10,15H,4-5,11-13H2,1-3H3. The van der Waals surface area contributed by atoms with Crippen LogP contribution in [0, 0.1) is 5.92 Å². The molecule has 25 heavy (non-hydrogen) atoms. The van der Waals surface area contributed by atoms with Crippen molar-refractivity contribution in [3.05, 3.63) is 35.9 Å². The molecule has 0 aliphatic heterocycles. The van der Waals surface area contributed by atoms with E-state index in [4.69, 9.17) is 9.26 Å². The predicted octanol–water partition coefficient (Wildman–Crippen LogP) is 2.66. The van der Waals surface area contributed by atoms with E-state index in [9.17, 15) is 17.8 Å². The molecule has 0 aliphatic carbocycles. The molecule has 0 fully saturated rings. The van der Waals surface area contributed by atoms with Crippen molar-refractivity contribution in [3.63, 3.8) is 0 Å². The number of carbonyl (C=O) groups excluding carboxylic acids is 1. The summed E-state index contributed by atoms with van der Waals surface area (Å²) in [5.74, 6) is -1.21. The number of hydrogen-bond acceptors (Lipinski definition) is 7. The van der Waals surface area contributed by atoms with Crippen LogP contribution in [0.5, 0.6) is 0 Å². The van der Waals surface area contributed by atoms with E-state index in [-0.39, 0.29) is 19.4 Å². The molecule has 1 rings (SSSR count). The summed E-state index contributed by atoms with van der Waals surface area (Å²) in [5.41, 5.74) is 0.882. The molecule has 9 heteroatoms. The highest BCUT2D eigenvalue weighted by molar-refractivity contribution is 7.86. The smallest absolute Gasteiger partial charge is 0.309 e. The van der Waals surface area contributed by atoms with Crippen LogP contribution in [0.2, 0.25) is 0 Å². The van der Waals surface area contributed by atoms with E-state index >= 15 is 0 Å². The molecule has 0 saturated heterocycles. The minimum atomic E-state index is -3.77. The zero-order valence-electron chi connectivity index (χ0n) is 14.7. The van der Waals surface area contributed by atoms with Gasteiger partial charge in [0.05, 0.1) is 25.4 Å². The molecular weight excluding hydrogens is 367 g/mol. The first-order valence-corrected chi connectivity index (χ1v) is 11.8. The zero-order valence-corrected chi connectivity index (χ0v) is 16.4. The van der Waals surface area contributed by atoms with Gasteiger partial charge in [0.1, 0.15) is 6.35 Å². The van der Waals surface area contributed by atoms with Gasteiger partial charge in [0, 0.05) is 6.16 Å². The van der Waals surface area contributed by atoms with Crippen LogP contribution in [-0.2, 0) is 39.3 Å². The van der Waals surface area contributed by atoms with Gasteiger partial charge in [-0.2, -0.15) is 8.42 Å². The van der Waals surface area contributed by atoms with Crippen molar-refractivity contribution in [3.8, 4) is 0 Å². The quantitative estimate of drug-likeness (QED) is 0.324. The topological polar surface area (TPSA) is 96.0 Å². The molecule has 0 radical (unpaired) electrons. The minimum absolute atomic E-state index is 0.116. The van der Waals surface area contributed by atoms with Crippen LogP contribution in [0.1, 0.15) is 19.4 Å². The first-order valence-electron chi connectivity index (χ1n) is 7.96. The van der Waals surface area contributed by atoms with Crippen LogP contribution in [0.15, 0.2) is 30.3 Å². The lowest BCUT2D eigenvalue weighted by atomic mass is 10.0. The van der Waals surface area contributed by atoms with Crippen molar-refractivity contribution in [1.29, 1.82) is 0 Å². The summed E-state index contributed by atoms with van der Waals surface area (Å²) < 4.78 is 50.4. The van der Waals surface area contributed by atoms with Gasteiger partial charge in [0.25, 0.3) is 10.1 Å². The van der Waals surface area contributed by atoms with Gasteiger partial charge in [-0.15, -0.1) is 0 Å². The molecule has 7 nitrogen and oxygen atoms in total. The van der Waals surface area contributed by atoms with E-state index in [2.05, 4.69) is 4.18 Å². The second kappa shape index (κ2) is 10.1. The Labute approximate surface area is 149 Å². The number of hydrogen-bond donors (Lipinski definition) is 0. The average Bonchev–Trinajstić information content (AvgIpc) is 2.53. The fourth-order valence-corrected chi connectivity index (χ4v) is 5.38. The van der Waals surface area contributed by atoms with Crippen LogP contribution >= 0.6 is 7.37 Å². The van der Waals surface area contributed by atoms with E-state index in [0.717, 1.165) is 11.8 Å². The Morgan fingerprint density at radius 3 is 2.32 bits per heavy atom. The Kier molecular flexibility index (Phi) is 8.79. The molecule has 2 atom stereocenters. The lowest BCUT2D eigenvalue weighted by Crippen LogP contribution is -2.25. The van der Waals surface area contributed by atoms with Crippen molar-refractivity contribution in [2.24, 2.45) is 5.92 Å². The highest BCUT2D eigenvalue weighted by atomic mass is 32.2. The third-order valence-electron chi connectivity index (χ3n) is 3.27. The van der Waals surface area contributed by atoms with Gasteiger partial charge in [0.2, 0.25) is 7.37 Å². The molecular formula is C16H25O7PS. The summed E-state index contributed by atoms with van der Waals surface area (Å²) in [6.07, 6.45) is 0.445. The highest BCUT2D eigenvalue weighted by Crippen LogP contribution is 2.49. The second-order valence-corrected chi connectivity index (χ2v) is 9.66. The second-order valence-electron chi connectivity index (χ2n) is 5.50. The largest absolute Gasteiger partial charge is 0.466 e. The van der Waals surface area contributed by atoms with Gasteiger partial charge in [-0.3, -0.25) is 13.5 Å². The molecule has 0 spiro atoms. The predicted molar refractivity (Wildman–Crippen MR) is 95.2 cm³/mol. The number of ether oxygens (including phenoxy) is 1. The van der Waals surface area contributed by atoms with Gasteiger partial charge in [0.15, 0.2) is 0 Å². The van der Waals surface area contributed by atoms with Gasteiger partial charge < -0.3 is 9.26 Å². The molecule has 0 N–H and O–H groups in total. The molecule has 0 aliphatic rings. The van der Waals surface area contributed by atoms with E-state index in [1.165, 1.54) is 0 Å². The molecule has 142 valence electrons. The van der Waals surface area contributed by atoms with Crippen LogP contribution < -0.4 is 0 Å². The number of benzene rings is 1. The van der Waals surface area contributed by atoms with E-state index in [1.807, 2.05) is 30.3 Å². The summed E-state index contributed by atoms with van der Waals surface area (Å²) in [5, 5.41) is 0. The van der Waals surface area contributed by atoms with Crippen LogP contribution in [0.4, 0.5) is 0 Å². The maximum Gasteiger partial charge on any atom is 0.309 e. The number of rotatable bonds is 11. The summed E-state index contributed by atoms with van der Waals surface area (Å²) in [7, 11) is -7.26. The normalized spacial score (nSPS) is 15.3. The van der Waals surface area contributed by atoms with Gasteiger partial charge >= 0.3 is 5.97 Å². The van der Waals surface area contributed by atoms with Crippen molar-refractivity contribution in [2.45, 2.75) is 20.3 Å². The third kappa shape index (κ3) is 8.63. The minimum Gasteiger partial charge on any atom is -0.466 e. The van der Waals surface area contributed by atoms with Gasteiger partial charge in [-0.1, -0.05) is 30.3 Å². The lowest BCUT2D eigenvalue weighted by Gasteiger charge is -2.22. The fourth-order valence-electron chi connectivity index (χ4n) is 2.27. The maximum absolute atomic E-state index is 12.9. The SMILES string of the molecule is CCOC(=O)C(Cc1ccccc1)CP(=O)(COS(C)(=O)=O)OCC. The molecule has 0 bridgehead atoms. The monoisotopic (exact) mass is 392 g/mol. The molecule has 0 heterocycles. The van der Waals surface area contributed by atoms with E-state index in [0.29, 0.717) is 6.42 Å². The van der Waals surface area contributed by atoms with Crippen molar-refractivity contribution in [2.75, 3.05) is 32.0 Å². The molecule has 0 amide bonds. The van der Waals surface area contributed by atoms with E-state index in [1.54, 1.807) is 13.8 Å². The number of carbonyl (C=O) groups is 1. The molecule has 2 unspecified atom stereocenters. The summed E-state index contributed by atoms with van der Waals surface area (Å²) >= 11 is 0. The van der Waals surface area contributed by atoms with Crippen molar-refractivity contribution < 1.29 is 31.2 Å². The van der Waals surface area contributed by atoms with Crippen LogP contribution in [0.3, 0.4) is 0 Å². The van der Waals surface area contributed by atoms with Crippen molar-refractivity contribution in [1.82, 2.24) is 0 Å². The first kappa shape index (κ1) is 21.8. The highest BCUT2D eigenvalue weighted by Gasteiger charge is 2.33. The van der Waals surface area contributed by atoms with Gasteiger partial charge in [-0.05, 0) is 25.8 Å². The molecule has 0 saturated carbocycles. The maximum atomic E-state index is 12.9.